The van der Waals surface area contributed by atoms with Crippen LogP contribution in [0.3, 0.4) is 0 Å². The van der Waals surface area contributed by atoms with Gasteiger partial charge in [-0.15, -0.1) is 0 Å². The smallest absolute Gasteiger partial charge is 0 e. The topological polar surface area (TPSA) is 40.5 Å². The second-order valence-corrected chi connectivity index (χ2v) is 0. The van der Waals surface area contributed by atoms with Gasteiger partial charge in [-0.05, 0) is 0 Å². The van der Waals surface area contributed by atoms with Crippen LogP contribution in [-0.2, 0) is 0 Å². The van der Waals surface area contributed by atoms with E-state index in [4.69, 9.17) is 10.5 Å². The maximum absolute atomic E-state index is 6.00. The Labute approximate surface area is 85.8 Å². The molecule has 0 amide bonds. The van der Waals surface area contributed by atoms with Gasteiger partial charge in [-0.3, -0.25) is 10.5 Å². The van der Waals surface area contributed by atoms with Gasteiger partial charge in [0.2, 0.25) is 0 Å². The normalized spacial score (nSPS) is 1.50. The molecule has 0 aliphatic carbocycles. The van der Waals surface area contributed by atoms with E-state index < -0.39 is 0 Å². The van der Waals surface area contributed by atoms with Gasteiger partial charge in [0, 0.05) is 77.2 Å². The van der Waals surface area contributed by atoms with E-state index in [-0.39, 0.29) is 77.2 Å². The molecule has 0 heterocycles. The van der Waals surface area contributed by atoms with Crippen molar-refractivity contribution in [2.75, 3.05) is 0 Å². The van der Waals surface area contributed by atoms with Gasteiger partial charge in [-0.25, -0.2) is 0 Å². The molecule has 2 nitrogen and oxygen atoms in total. The van der Waals surface area contributed by atoms with Crippen molar-refractivity contribution in [2.45, 2.75) is 0 Å². The number of hydrogen-bond acceptors (Lipinski definition) is 2. The van der Waals surface area contributed by atoms with E-state index in [0.29, 0.717) is 0 Å². The average molecular weight is 352 g/mol. The van der Waals surface area contributed by atoms with Gasteiger partial charge < -0.3 is 0 Å². The maximum Gasteiger partial charge on any atom is 0 e. The fraction of sp³-hybridized carbons (Fsp3) is 0. The molecule has 0 aliphatic heterocycles. The van der Waals surface area contributed by atoms with Gasteiger partial charge in [-0.2, -0.15) is 0 Å². The predicted octanol–water partition coefficient (Wildman–Crippen LogP) is 0.0174. The van der Waals surface area contributed by atoms with E-state index in [1.165, 1.54) is 0 Å². The summed E-state index contributed by atoms with van der Waals surface area (Å²) in [6.07, 6.45) is 0. The molecule has 0 fully saturated rings. The van der Waals surface area contributed by atoms with Crippen LogP contribution in [0.5, 0.6) is 0 Å². The number of hydrogen-bond donors (Lipinski definition) is 2. The minimum atomic E-state index is 0. The van der Waals surface area contributed by atoms with Crippen molar-refractivity contribution in [1.29, 1.82) is 0 Å². The first-order valence-electron chi connectivity index (χ1n) is 0.200. The van der Waals surface area contributed by atoms with Crippen LogP contribution in [0.25, 0.3) is 0 Å². The average Bonchev–Trinajstić information content (AvgIpc) is 1.00. The fourth-order valence-corrected chi connectivity index (χ4v) is 0. The van der Waals surface area contributed by atoms with Crippen molar-refractivity contribution < 1.29 is 87.7 Å². The van der Waals surface area contributed by atoms with Gasteiger partial charge in [0.05, 0.1) is 0 Å². The predicted molar refractivity (Wildman–Crippen MR) is 5.26 cm³/mol. The molecule has 2 radical (unpaired) electrons. The third-order valence-electron chi connectivity index (χ3n) is 0. The molecule has 32 valence electrons. The van der Waals surface area contributed by atoms with Gasteiger partial charge in [0.1, 0.15) is 0 Å². The SMILES string of the molecule is OO.[Tb].[Tb]. The van der Waals surface area contributed by atoms with E-state index >= 15 is 0 Å². The summed E-state index contributed by atoms with van der Waals surface area (Å²) >= 11 is 0. The van der Waals surface area contributed by atoms with Gasteiger partial charge in [0.15, 0.2) is 0 Å². The molecule has 0 atom stereocenters. The molecule has 2 N–H and O–H groups in total. The summed E-state index contributed by atoms with van der Waals surface area (Å²) in [6.45, 7) is 0. The van der Waals surface area contributed by atoms with Crippen molar-refractivity contribution in [1.82, 2.24) is 0 Å². The molecular weight excluding hydrogens is 350 g/mol. The standard InChI is InChI=1S/H2O2.2Tb/c1-2;;/h1-2H;;. The van der Waals surface area contributed by atoms with Crippen LogP contribution in [0.4, 0.5) is 0 Å². The Bertz CT molecular complexity index is 4.00. The Morgan fingerprint density at radius 2 is 0.750 bits per heavy atom. The van der Waals surface area contributed by atoms with Gasteiger partial charge in [-0.1, -0.05) is 0 Å². The molecular formula is H2O2Tb2. The molecule has 0 aromatic carbocycles. The summed E-state index contributed by atoms with van der Waals surface area (Å²) in [7, 11) is 0. The fourth-order valence-electron chi connectivity index (χ4n) is 0. The van der Waals surface area contributed by atoms with Crippen molar-refractivity contribution in [2.24, 2.45) is 0 Å². The zero-order chi connectivity index (χ0) is 2.00. The molecule has 0 aromatic heterocycles. The number of rotatable bonds is 0. The molecule has 0 spiro atoms. The van der Waals surface area contributed by atoms with Crippen molar-refractivity contribution in [3.05, 3.63) is 0 Å². The Hall–Kier alpha value is 2.49. The monoisotopic (exact) mass is 352 g/mol. The van der Waals surface area contributed by atoms with Gasteiger partial charge in [0.25, 0.3) is 0 Å². The molecule has 0 rings (SSSR count). The Morgan fingerprint density at radius 1 is 0.750 bits per heavy atom. The van der Waals surface area contributed by atoms with E-state index in [1.807, 2.05) is 0 Å². The minimum Gasteiger partial charge on any atom is -0.255 e. The summed E-state index contributed by atoms with van der Waals surface area (Å²) in [5.41, 5.74) is 0. The zero-order valence-electron chi connectivity index (χ0n) is 1.56. The van der Waals surface area contributed by atoms with Crippen LogP contribution < -0.4 is 0 Å². The summed E-state index contributed by atoms with van der Waals surface area (Å²) in [4.78, 5) is 0. The molecule has 0 saturated carbocycles. The Kier molecular flexibility index (Phi) is 71.6. The molecule has 0 saturated heterocycles. The largest absolute Gasteiger partial charge is 0.255 e. The van der Waals surface area contributed by atoms with Crippen LogP contribution in [0.1, 0.15) is 0 Å². The van der Waals surface area contributed by atoms with Crippen LogP contribution >= 0.6 is 0 Å². The summed E-state index contributed by atoms with van der Waals surface area (Å²) in [5, 5.41) is 12.0. The third-order valence-corrected chi connectivity index (χ3v) is 0. The zero-order valence-corrected chi connectivity index (χ0v) is 5.84. The van der Waals surface area contributed by atoms with Crippen LogP contribution in [0.15, 0.2) is 0 Å². The molecule has 0 unspecified atom stereocenters. The third kappa shape index (κ3) is 8.82. The first kappa shape index (κ1) is 16.1. The summed E-state index contributed by atoms with van der Waals surface area (Å²) in [5.74, 6) is 0. The molecule has 4 heavy (non-hydrogen) atoms. The minimum absolute atomic E-state index is 0. The Morgan fingerprint density at radius 3 is 0.750 bits per heavy atom. The van der Waals surface area contributed by atoms with E-state index in [0.717, 1.165) is 0 Å². The van der Waals surface area contributed by atoms with E-state index in [2.05, 4.69) is 0 Å². The maximum atomic E-state index is 6.00. The second-order valence-electron chi connectivity index (χ2n) is 0. The molecule has 4 heteroatoms. The second kappa shape index (κ2) is 17.8. The molecule has 0 aliphatic rings. The van der Waals surface area contributed by atoms with Crippen molar-refractivity contribution >= 4 is 0 Å². The summed E-state index contributed by atoms with van der Waals surface area (Å²) < 4.78 is 0. The first-order valence-corrected chi connectivity index (χ1v) is 0.200. The molecule has 0 aromatic rings. The van der Waals surface area contributed by atoms with Crippen molar-refractivity contribution in [3.63, 3.8) is 0 Å². The molecule has 0 bridgehead atoms. The first-order chi connectivity index (χ1) is 1.00. The van der Waals surface area contributed by atoms with Crippen LogP contribution in [0.2, 0.25) is 0 Å². The van der Waals surface area contributed by atoms with Crippen LogP contribution in [-0.4, -0.2) is 10.5 Å². The van der Waals surface area contributed by atoms with E-state index in [1.54, 1.807) is 0 Å². The van der Waals surface area contributed by atoms with Crippen LogP contribution in [0, 0.1) is 77.2 Å². The Balaban J connectivity index is -0.00000000500. The quantitative estimate of drug-likeness (QED) is 0.477. The summed E-state index contributed by atoms with van der Waals surface area (Å²) in [6, 6.07) is 0. The van der Waals surface area contributed by atoms with Gasteiger partial charge >= 0.3 is 0 Å². The van der Waals surface area contributed by atoms with Crippen molar-refractivity contribution in [3.8, 4) is 0 Å². The van der Waals surface area contributed by atoms with E-state index in [9.17, 15) is 0 Å².